The Morgan fingerprint density at radius 3 is 2.62 bits per heavy atom. The van der Waals surface area contributed by atoms with Crippen LogP contribution in [-0.2, 0) is 4.79 Å². The van der Waals surface area contributed by atoms with Gasteiger partial charge in [0.2, 0.25) is 5.91 Å². The minimum atomic E-state index is 0.116. The summed E-state index contributed by atoms with van der Waals surface area (Å²) in [4.78, 5) is 14.0. The predicted molar refractivity (Wildman–Crippen MR) is 70.8 cm³/mol. The van der Waals surface area contributed by atoms with E-state index in [0.717, 1.165) is 44.9 Å². The zero-order valence-electron chi connectivity index (χ0n) is 10.7. The first kappa shape index (κ1) is 13.8. The Morgan fingerprint density at radius 2 is 2.12 bits per heavy atom. The molecular weight excluding hydrogens is 220 g/mol. The van der Waals surface area contributed by atoms with E-state index < -0.39 is 0 Å². The number of thioether (sulfide) groups is 1. The average molecular weight is 244 g/mol. The quantitative estimate of drug-likeness (QED) is 0.797. The van der Waals surface area contributed by atoms with E-state index in [1.165, 1.54) is 0 Å². The number of carbonyl (C=O) groups is 1. The number of hydrogen-bond donors (Lipinski definition) is 1. The Balaban J connectivity index is 2.28. The van der Waals surface area contributed by atoms with E-state index in [1.807, 2.05) is 18.1 Å². The lowest BCUT2D eigenvalue weighted by Crippen LogP contribution is -2.43. The molecule has 0 aromatic carbocycles. The maximum atomic E-state index is 11.9. The number of likely N-dealkylation sites (tertiary alicyclic amines) is 1. The second kappa shape index (κ2) is 7.17. The maximum Gasteiger partial charge on any atom is 0.235 e. The molecule has 1 saturated heterocycles. The fraction of sp³-hybridized carbons (Fsp3) is 0.917. The van der Waals surface area contributed by atoms with E-state index in [0.29, 0.717) is 5.91 Å². The minimum absolute atomic E-state index is 0.116. The molecule has 1 atom stereocenters. The van der Waals surface area contributed by atoms with Crippen molar-refractivity contribution in [3.63, 3.8) is 0 Å². The Morgan fingerprint density at radius 1 is 1.50 bits per heavy atom. The summed E-state index contributed by atoms with van der Waals surface area (Å²) < 4.78 is 0. The highest BCUT2D eigenvalue weighted by Gasteiger charge is 2.25. The Kier molecular flexibility index (Phi) is 6.21. The Hall–Kier alpha value is -0.220. The number of amides is 1. The van der Waals surface area contributed by atoms with E-state index in [4.69, 9.17) is 0 Å². The van der Waals surface area contributed by atoms with Gasteiger partial charge in [0.05, 0.1) is 5.25 Å². The topological polar surface area (TPSA) is 32.3 Å². The van der Waals surface area contributed by atoms with Crippen LogP contribution in [0.3, 0.4) is 0 Å². The normalized spacial score (nSPS) is 19.8. The number of carbonyl (C=O) groups excluding carboxylic acids is 1. The van der Waals surface area contributed by atoms with Crippen LogP contribution in [0.5, 0.6) is 0 Å². The summed E-state index contributed by atoms with van der Waals surface area (Å²) in [6.45, 7) is 8.18. The van der Waals surface area contributed by atoms with Crippen molar-refractivity contribution in [3.8, 4) is 0 Å². The number of rotatable bonds is 5. The second-order valence-corrected chi connectivity index (χ2v) is 5.63. The number of piperidine rings is 1. The average Bonchev–Trinajstić information content (AvgIpc) is 2.35. The largest absolute Gasteiger partial charge is 0.342 e. The number of nitrogens with zero attached hydrogens (tertiary/aromatic N) is 1. The van der Waals surface area contributed by atoms with Crippen LogP contribution in [0.2, 0.25) is 0 Å². The summed E-state index contributed by atoms with van der Waals surface area (Å²) in [7, 11) is 0. The van der Waals surface area contributed by atoms with Crippen LogP contribution in [-0.4, -0.2) is 48.5 Å². The molecule has 1 N–H and O–H groups in total. The van der Waals surface area contributed by atoms with Crippen molar-refractivity contribution in [1.29, 1.82) is 0 Å². The molecule has 0 radical (unpaired) electrons. The van der Waals surface area contributed by atoms with Gasteiger partial charge in [-0.05, 0) is 45.0 Å². The lowest BCUT2D eigenvalue weighted by atomic mass is 9.96. The molecule has 1 heterocycles. The van der Waals surface area contributed by atoms with E-state index in [-0.39, 0.29) is 5.25 Å². The zero-order chi connectivity index (χ0) is 12.0. The van der Waals surface area contributed by atoms with E-state index >= 15 is 0 Å². The van der Waals surface area contributed by atoms with Crippen LogP contribution in [0.15, 0.2) is 0 Å². The summed E-state index contributed by atoms with van der Waals surface area (Å²) in [6.07, 6.45) is 4.31. The van der Waals surface area contributed by atoms with Crippen LogP contribution in [0, 0.1) is 5.92 Å². The van der Waals surface area contributed by atoms with Gasteiger partial charge in [-0.15, -0.1) is 0 Å². The van der Waals surface area contributed by atoms with Crippen molar-refractivity contribution in [2.24, 2.45) is 5.92 Å². The monoisotopic (exact) mass is 244 g/mol. The first-order chi connectivity index (χ1) is 7.69. The molecule has 0 aliphatic carbocycles. The van der Waals surface area contributed by atoms with Crippen LogP contribution in [0.25, 0.3) is 0 Å². The molecule has 1 amide bonds. The third kappa shape index (κ3) is 3.98. The van der Waals surface area contributed by atoms with Gasteiger partial charge in [-0.2, -0.15) is 11.8 Å². The molecule has 0 saturated carbocycles. The van der Waals surface area contributed by atoms with Gasteiger partial charge in [0.25, 0.3) is 0 Å². The van der Waals surface area contributed by atoms with Crippen molar-refractivity contribution < 1.29 is 4.79 Å². The van der Waals surface area contributed by atoms with Crippen molar-refractivity contribution in [1.82, 2.24) is 10.2 Å². The molecule has 94 valence electrons. The van der Waals surface area contributed by atoms with Crippen molar-refractivity contribution in [2.45, 2.75) is 31.9 Å². The fourth-order valence-corrected chi connectivity index (χ4v) is 2.41. The van der Waals surface area contributed by atoms with Gasteiger partial charge in [-0.3, -0.25) is 4.79 Å². The van der Waals surface area contributed by atoms with Crippen molar-refractivity contribution in [3.05, 3.63) is 0 Å². The van der Waals surface area contributed by atoms with Crippen molar-refractivity contribution >= 4 is 17.7 Å². The second-order valence-electron chi connectivity index (χ2n) is 4.45. The zero-order valence-corrected chi connectivity index (χ0v) is 11.5. The van der Waals surface area contributed by atoms with Crippen LogP contribution in [0.1, 0.15) is 26.7 Å². The molecule has 1 unspecified atom stereocenters. The highest BCUT2D eigenvalue weighted by molar-refractivity contribution is 7.99. The molecule has 0 aromatic heterocycles. The van der Waals surface area contributed by atoms with Gasteiger partial charge in [-0.25, -0.2) is 0 Å². The van der Waals surface area contributed by atoms with Gasteiger partial charge < -0.3 is 10.2 Å². The van der Waals surface area contributed by atoms with Crippen LogP contribution >= 0.6 is 11.8 Å². The van der Waals surface area contributed by atoms with Crippen LogP contribution in [0.4, 0.5) is 0 Å². The molecule has 16 heavy (non-hydrogen) atoms. The smallest absolute Gasteiger partial charge is 0.235 e. The fourth-order valence-electron chi connectivity index (χ4n) is 2.06. The molecule has 1 rings (SSSR count). The first-order valence-corrected chi connectivity index (χ1v) is 7.50. The Bertz CT molecular complexity index is 215. The summed E-state index contributed by atoms with van der Waals surface area (Å²) in [6, 6.07) is 0. The SMILES string of the molecule is CCNCC1CCN(C(=O)C(C)SC)CC1. The molecule has 0 bridgehead atoms. The number of nitrogens with one attached hydrogen (secondary N) is 1. The third-order valence-electron chi connectivity index (χ3n) is 3.31. The molecule has 1 fully saturated rings. The lowest BCUT2D eigenvalue weighted by molar-refractivity contribution is -0.131. The number of hydrogen-bond acceptors (Lipinski definition) is 3. The molecular formula is C12H24N2OS. The highest BCUT2D eigenvalue weighted by atomic mass is 32.2. The lowest BCUT2D eigenvalue weighted by Gasteiger charge is -2.33. The molecule has 4 heteroatoms. The first-order valence-electron chi connectivity index (χ1n) is 6.21. The molecule has 1 aliphatic heterocycles. The van der Waals surface area contributed by atoms with Gasteiger partial charge in [0.1, 0.15) is 0 Å². The molecule has 0 aromatic rings. The maximum absolute atomic E-state index is 11.9. The van der Waals surface area contributed by atoms with E-state index in [1.54, 1.807) is 11.8 Å². The summed E-state index contributed by atoms with van der Waals surface area (Å²) in [5, 5.41) is 3.50. The van der Waals surface area contributed by atoms with Gasteiger partial charge in [-0.1, -0.05) is 6.92 Å². The standard InChI is InChI=1S/C12H24N2OS/c1-4-13-9-11-5-7-14(8-6-11)12(15)10(2)16-3/h10-11,13H,4-9H2,1-3H3. The highest BCUT2D eigenvalue weighted by Crippen LogP contribution is 2.19. The Labute approximate surface area is 103 Å². The van der Waals surface area contributed by atoms with E-state index in [2.05, 4.69) is 12.2 Å². The molecule has 0 spiro atoms. The summed E-state index contributed by atoms with van der Waals surface area (Å²) >= 11 is 1.64. The van der Waals surface area contributed by atoms with E-state index in [9.17, 15) is 4.79 Å². The van der Waals surface area contributed by atoms with Crippen molar-refractivity contribution in [2.75, 3.05) is 32.4 Å². The van der Waals surface area contributed by atoms with Gasteiger partial charge >= 0.3 is 0 Å². The molecule has 3 nitrogen and oxygen atoms in total. The third-order valence-corrected chi connectivity index (χ3v) is 4.22. The van der Waals surface area contributed by atoms with Gasteiger partial charge in [0, 0.05) is 13.1 Å². The minimum Gasteiger partial charge on any atom is -0.342 e. The summed E-state index contributed by atoms with van der Waals surface area (Å²) in [5.41, 5.74) is 0. The summed E-state index contributed by atoms with van der Waals surface area (Å²) in [5.74, 6) is 1.07. The van der Waals surface area contributed by atoms with Crippen LogP contribution < -0.4 is 5.32 Å². The van der Waals surface area contributed by atoms with Gasteiger partial charge in [0.15, 0.2) is 0 Å². The predicted octanol–water partition coefficient (Wildman–Crippen LogP) is 1.59. The molecule has 1 aliphatic rings.